The van der Waals surface area contributed by atoms with Crippen LogP contribution in [0.4, 0.5) is 5.69 Å². The van der Waals surface area contributed by atoms with Crippen molar-refractivity contribution in [1.82, 2.24) is 5.32 Å². The fourth-order valence-corrected chi connectivity index (χ4v) is 2.58. The van der Waals surface area contributed by atoms with E-state index in [1.807, 2.05) is 13.0 Å². The maximum absolute atomic E-state index is 10.6. The summed E-state index contributed by atoms with van der Waals surface area (Å²) in [6, 6.07) is 8.43. The highest BCUT2D eigenvalue weighted by atomic mass is 16.3. The van der Waals surface area contributed by atoms with Gasteiger partial charge in [0.25, 0.3) is 0 Å². The number of aliphatic hydroxyl groups is 1. The number of anilines is 1. The van der Waals surface area contributed by atoms with Crippen LogP contribution in [0.5, 0.6) is 0 Å². The third kappa shape index (κ3) is 3.71. The Morgan fingerprint density at radius 3 is 2.84 bits per heavy atom. The molecule has 3 heteroatoms. The monoisotopic (exact) mass is 262 g/mol. The highest BCUT2D eigenvalue weighted by Gasteiger charge is 2.35. The lowest BCUT2D eigenvalue weighted by atomic mass is 9.90. The summed E-state index contributed by atoms with van der Waals surface area (Å²) in [6.07, 6.45) is 1.68. The smallest absolute Gasteiger partial charge is 0.0835 e. The van der Waals surface area contributed by atoms with Gasteiger partial charge in [-0.05, 0) is 50.4 Å². The van der Waals surface area contributed by atoms with Crippen LogP contribution in [0.15, 0.2) is 24.3 Å². The molecule has 3 N–H and O–H groups in total. The Balaban J connectivity index is 1.84. The molecule has 3 nitrogen and oxygen atoms in total. The molecule has 106 valence electrons. The third-order valence-corrected chi connectivity index (χ3v) is 3.88. The lowest BCUT2D eigenvalue weighted by molar-refractivity contribution is 0.0331. The summed E-state index contributed by atoms with van der Waals surface area (Å²) in [5.74, 6) is 0.652. The van der Waals surface area contributed by atoms with Crippen LogP contribution in [0.25, 0.3) is 0 Å². The van der Waals surface area contributed by atoms with Crippen molar-refractivity contribution >= 4 is 5.69 Å². The van der Waals surface area contributed by atoms with Gasteiger partial charge in [0.05, 0.1) is 11.6 Å². The highest BCUT2D eigenvalue weighted by molar-refractivity contribution is 5.57. The number of hydrogen-bond acceptors (Lipinski definition) is 3. The summed E-state index contributed by atoms with van der Waals surface area (Å²) in [5.41, 5.74) is 1.80. The Kier molecular flexibility index (Phi) is 4.48. The van der Waals surface area contributed by atoms with Gasteiger partial charge in [0.2, 0.25) is 0 Å². The third-order valence-electron chi connectivity index (χ3n) is 3.88. The van der Waals surface area contributed by atoms with E-state index in [4.69, 9.17) is 0 Å². The van der Waals surface area contributed by atoms with Crippen molar-refractivity contribution in [3.8, 4) is 0 Å². The van der Waals surface area contributed by atoms with Crippen molar-refractivity contribution in [3.05, 3.63) is 29.8 Å². The molecule has 0 fully saturated rings. The molecule has 1 aliphatic rings. The largest absolute Gasteiger partial charge is 0.388 e. The Morgan fingerprint density at radius 2 is 2.16 bits per heavy atom. The van der Waals surface area contributed by atoms with Crippen LogP contribution in [-0.4, -0.2) is 29.8 Å². The van der Waals surface area contributed by atoms with Crippen molar-refractivity contribution in [2.75, 3.05) is 18.4 Å². The minimum absolute atomic E-state index is 0.116. The fourth-order valence-electron chi connectivity index (χ4n) is 2.58. The summed E-state index contributed by atoms with van der Waals surface area (Å²) in [6.45, 7) is 8.20. The average Bonchev–Trinajstić information content (AvgIpc) is 2.79. The van der Waals surface area contributed by atoms with Crippen molar-refractivity contribution < 1.29 is 5.11 Å². The zero-order valence-electron chi connectivity index (χ0n) is 12.2. The van der Waals surface area contributed by atoms with E-state index in [1.165, 1.54) is 11.3 Å². The molecule has 1 aliphatic heterocycles. The van der Waals surface area contributed by atoms with Gasteiger partial charge < -0.3 is 15.7 Å². The van der Waals surface area contributed by atoms with E-state index in [9.17, 15) is 5.11 Å². The lowest BCUT2D eigenvalue weighted by Gasteiger charge is -2.31. The average molecular weight is 262 g/mol. The first-order chi connectivity index (χ1) is 8.99. The molecule has 1 aromatic rings. The van der Waals surface area contributed by atoms with Gasteiger partial charge in [-0.2, -0.15) is 0 Å². The first-order valence-electron chi connectivity index (χ1n) is 7.26. The molecule has 0 bridgehead atoms. The predicted octanol–water partition coefficient (Wildman–Crippen LogP) is 2.41. The summed E-state index contributed by atoms with van der Waals surface area (Å²) in [7, 11) is 0. The molecule has 19 heavy (non-hydrogen) atoms. The number of para-hydroxylation sites is 1. The van der Waals surface area contributed by atoms with Crippen molar-refractivity contribution in [1.29, 1.82) is 0 Å². The minimum atomic E-state index is -0.678. The van der Waals surface area contributed by atoms with Gasteiger partial charge in [-0.25, -0.2) is 0 Å². The van der Waals surface area contributed by atoms with E-state index in [-0.39, 0.29) is 6.04 Å². The molecule has 0 radical (unpaired) electrons. The lowest BCUT2D eigenvalue weighted by Crippen LogP contribution is -2.45. The second kappa shape index (κ2) is 5.93. The quantitative estimate of drug-likeness (QED) is 0.690. The van der Waals surface area contributed by atoms with E-state index < -0.39 is 5.60 Å². The van der Waals surface area contributed by atoms with Gasteiger partial charge >= 0.3 is 0 Å². The molecular weight excluding hydrogens is 236 g/mol. The van der Waals surface area contributed by atoms with Gasteiger partial charge in [0, 0.05) is 5.69 Å². The molecule has 2 rings (SSSR count). The van der Waals surface area contributed by atoms with Crippen LogP contribution in [0.3, 0.4) is 0 Å². The summed E-state index contributed by atoms with van der Waals surface area (Å²) >= 11 is 0. The van der Waals surface area contributed by atoms with Gasteiger partial charge in [-0.15, -0.1) is 0 Å². The van der Waals surface area contributed by atoms with E-state index in [2.05, 4.69) is 42.7 Å². The minimum Gasteiger partial charge on any atom is -0.388 e. The van der Waals surface area contributed by atoms with E-state index in [0.717, 1.165) is 25.9 Å². The molecule has 0 aliphatic carbocycles. The maximum Gasteiger partial charge on any atom is 0.0835 e. The molecular formula is C16H26N2O. The zero-order valence-corrected chi connectivity index (χ0v) is 12.2. The number of nitrogens with one attached hydrogen (secondary N) is 2. The first kappa shape index (κ1) is 14.4. The van der Waals surface area contributed by atoms with Gasteiger partial charge in [-0.1, -0.05) is 32.0 Å². The first-order valence-corrected chi connectivity index (χ1v) is 7.26. The number of fused-ring (bicyclic) bond motifs is 1. The predicted molar refractivity (Wildman–Crippen MR) is 80.5 cm³/mol. The second-order valence-electron chi connectivity index (χ2n) is 6.26. The summed E-state index contributed by atoms with van der Waals surface area (Å²) < 4.78 is 0. The molecule has 2 atom stereocenters. The Labute approximate surface area is 116 Å². The van der Waals surface area contributed by atoms with Crippen LogP contribution in [0.1, 0.15) is 32.8 Å². The standard InChI is InChI=1S/C16H26N2O/c1-12(2)11-17-9-8-16(3,19)15-10-13-6-4-5-7-14(13)18-15/h4-7,12,15,17-19H,8-11H2,1-3H3. The second-order valence-corrected chi connectivity index (χ2v) is 6.26. The van der Waals surface area contributed by atoms with Crippen molar-refractivity contribution in [2.45, 2.75) is 45.3 Å². The molecule has 0 aromatic heterocycles. The molecule has 1 aromatic carbocycles. The topological polar surface area (TPSA) is 44.3 Å². The highest BCUT2D eigenvalue weighted by Crippen LogP contribution is 2.31. The van der Waals surface area contributed by atoms with Crippen LogP contribution in [0, 0.1) is 5.92 Å². The van der Waals surface area contributed by atoms with Crippen LogP contribution in [-0.2, 0) is 6.42 Å². The van der Waals surface area contributed by atoms with Crippen molar-refractivity contribution in [2.24, 2.45) is 5.92 Å². The van der Waals surface area contributed by atoms with E-state index in [0.29, 0.717) is 5.92 Å². The maximum atomic E-state index is 10.6. The molecule has 0 spiro atoms. The molecule has 0 amide bonds. The SMILES string of the molecule is CC(C)CNCCC(C)(O)C1Cc2ccccc2N1. The normalized spacial score (nSPS) is 21.0. The van der Waals surface area contributed by atoms with E-state index in [1.54, 1.807) is 0 Å². The fraction of sp³-hybridized carbons (Fsp3) is 0.625. The van der Waals surface area contributed by atoms with Gasteiger partial charge in [-0.3, -0.25) is 0 Å². The summed E-state index contributed by atoms with van der Waals surface area (Å²) in [4.78, 5) is 0. The van der Waals surface area contributed by atoms with E-state index >= 15 is 0 Å². The number of benzene rings is 1. The molecule has 1 heterocycles. The van der Waals surface area contributed by atoms with Crippen molar-refractivity contribution in [3.63, 3.8) is 0 Å². The Hall–Kier alpha value is -1.06. The van der Waals surface area contributed by atoms with Crippen LogP contribution in [0.2, 0.25) is 0 Å². The Morgan fingerprint density at radius 1 is 1.42 bits per heavy atom. The molecule has 0 saturated carbocycles. The van der Waals surface area contributed by atoms with Gasteiger partial charge in [0.1, 0.15) is 0 Å². The summed E-state index contributed by atoms with van der Waals surface area (Å²) in [5, 5.41) is 17.5. The Bertz CT molecular complexity index is 390. The molecule has 2 unspecified atom stereocenters. The zero-order chi connectivity index (χ0) is 13.9. The van der Waals surface area contributed by atoms with Crippen LogP contribution < -0.4 is 10.6 Å². The number of hydrogen-bond donors (Lipinski definition) is 3. The number of rotatable bonds is 6. The van der Waals surface area contributed by atoms with Gasteiger partial charge in [0.15, 0.2) is 0 Å². The van der Waals surface area contributed by atoms with Crippen LogP contribution >= 0.6 is 0 Å². The molecule has 0 saturated heterocycles.